The highest BCUT2D eigenvalue weighted by Gasteiger charge is 2.19. The SMILES string of the molecule is N#Cc1cn[nH]c1N=Nc1c(O)c(C(=O)Nc2ccc(Cl)cc2)cc2ccccc12. The minimum atomic E-state index is -0.517. The fourth-order valence-corrected chi connectivity index (χ4v) is 2.99. The van der Waals surface area contributed by atoms with Crippen molar-refractivity contribution in [2.24, 2.45) is 10.2 Å². The van der Waals surface area contributed by atoms with Gasteiger partial charge in [0.2, 0.25) is 0 Å². The molecule has 9 heteroatoms. The normalized spacial score (nSPS) is 10.9. The molecule has 3 aromatic carbocycles. The molecule has 0 unspecified atom stereocenters. The molecule has 0 aliphatic heterocycles. The Morgan fingerprint density at radius 3 is 2.70 bits per heavy atom. The van der Waals surface area contributed by atoms with E-state index >= 15 is 0 Å². The molecule has 0 aliphatic carbocycles. The van der Waals surface area contributed by atoms with Crippen LogP contribution in [0.2, 0.25) is 5.02 Å². The summed E-state index contributed by atoms with van der Waals surface area (Å²) in [6.07, 6.45) is 1.32. The maximum Gasteiger partial charge on any atom is 0.259 e. The largest absolute Gasteiger partial charge is 0.505 e. The van der Waals surface area contributed by atoms with Crippen molar-refractivity contribution in [2.45, 2.75) is 0 Å². The predicted octanol–water partition coefficient (Wildman–Crippen LogP) is 5.46. The van der Waals surface area contributed by atoms with Gasteiger partial charge in [-0.1, -0.05) is 35.9 Å². The van der Waals surface area contributed by atoms with Crippen LogP contribution in [0, 0.1) is 11.3 Å². The Balaban J connectivity index is 1.78. The van der Waals surface area contributed by atoms with Gasteiger partial charge < -0.3 is 10.4 Å². The molecule has 4 rings (SSSR count). The number of benzene rings is 3. The number of aromatic hydroxyl groups is 1. The summed E-state index contributed by atoms with van der Waals surface area (Å²) in [4.78, 5) is 12.8. The second-order valence-electron chi connectivity index (χ2n) is 6.25. The number of nitrogens with one attached hydrogen (secondary N) is 2. The number of anilines is 1. The molecule has 8 nitrogen and oxygen atoms in total. The number of phenolic OH excluding ortho intramolecular Hbond substituents is 1. The van der Waals surface area contributed by atoms with E-state index in [9.17, 15) is 9.90 Å². The van der Waals surface area contributed by atoms with Crippen molar-refractivity contribution < 1.29 is 9.90 Å². The Hall–Kier alpha value is -4.22. The van der Waals surface area contributed by atoms with E-state index in [-0.39, 0.29) is 28.4 Å². The van der Waals surface area contributed by atoms with Gasteiger partial charge in [-0.15, -0.1) is 10.2 Å². The molecule has 1 aromatic heterocycles. The van der Waals surface area contributed by atoms with Gasteiger partial charge in [0, 0.05) is 16.1 Å². The minimum absolute atomic E-state index is 0.0303. The van der Waals surface area contributed by atoms with Crippen LogP contribution in [0.15, 0.2) is 71.0 Å². The fourth-order valence-electron chi connectivity index (χ4n) is 2.86. The molecule has 0 fully saturated rings. The molecule has 1 heterocycles. The molecule has 4 aromatic rings. The molecule has 1 amide bonds. The van der Waals surface area contributed by atoms with E-state index in [4.69, 9.17) is 16.9 Å². The zero-order chi connectivity index (χ0) is 21.1. The number of H-pyrrole nitrogens is 1. The Bertz CT molecular complexity index is 1320. The fraction of sp³-hybridized carbons (Fsp3) is 0. The lowest BCUT2D eigenvalue weighted by Crippen LogP contribution is -2.12. The van der Waals surface area contributed by atoms with Crippen molar-refractivity contribution in [3.05, 3.63) is 76.9 Å². The lowest BCUT2D eigenvalue weighted by molar-refractivity contribution is 0.102. The van der Waals surface area contributed by atoms with Crippen LogP contribution in [0.1, 0.15) is 15.9 Å². The highest BCUT2D eigenvalue weighted by atomic mass is 35.5. The number of phenols is 1. The number of aromatic amines is 1. The smallest absolute Gasteiger partial charge is 0.259 e. The van der Waals surface area contributed by atoms with Crippen molar-refractivity contribution in [3.63, 3.8) is 0 Å². The predicted molar refractivity (Wildman–Crippen MR) is 112 cm³/mol. The van der Waals surface area contributed by atoms with E-state index in [1.54, 1.807) is 48.5 Å². The Morgan fingerprint density at radius 1 is 1.17 bits per heavy atom. The number of carbonyl (C=O) groups is 1. The number of nitrogens with zero attached hydrogens (tertiary/aromatic N) is 4. The van der Waals surface area contributed by atoms with Crippen LogP contribution in [-0.2, 0) is 0 Å². The van der Waals surface area contributed by atoms with Gasteiger partial charge in [0.25, 0.3) is 5.91 Å². The van der Waals surface area contributed by atoms with E-state index in [0.717, 1.165) is 0 Å². The molecule has 0 atom stereocenters. The standard InChI is InChI=1S/C21H13ClN6O2/c22-14-5-7-15(8-6-14)25-21(30)17-9-12-3-1-2-4-16(12)18(19(17)29)26-28-20-13(10-23)11-24-27-20/h1-9,11,29H,(H,24,27)(H,25,30). The molecule has 0 saturated heterocycles. The van der Waals surface area contributed by atoms with Crippen LogP contribution >= 0.6 is 11.6 Å². The van der Waals surface area contributed by atoms with Crippen LogP contribution < -0.4 is 5.32 Å². The van der Waals surface area contributed by atoms with E-state index in [1.165, 1.54) is 6.20 Å². The molecule has 0 bridgehead atoms. The molecule has 0 spiro atoms. The zero-order valence-electron chi connectivity index (χ0n) is 15.3. The summed E-state index contributed by atoms with van der Waals surface area (Å²) >= 11 is 5.87. The highest BCUT2D eigenvalue weighted by molar-refractivity contribution is 6.30. The number of amides is 1. The third-order valence-corrected chi connectivity index (χ3v) is 4.58. The first-order valence-corrected chi connectivity index (χ1v) is 9.11. The summed E-state index contributed by atoms with van der Waals surface area (Å²) < 4.78 is 0. The maximum absolute atomic E-state index is 12.8. The number of fused-ring (bicyclic) bond motifs is 1. The van der Waals surface area contributed by atoms with E-state index in [2.05, 4.69) is 25.7 Å². The first-order chi connectivity index (χ1) is 14.6. The lowest BCUT2D eigenvalue weighted by Gasteiger charge is -2.11. The molecular weight excluding hydrogens is 404 g/mol. The van der Waals surface area contributed by atoms with Crippen molar-refractivity contribution in [1.29, 1.82) is 5.26 Å². The minimum Gasteiger partial charge on any atom is -0.505 e. The van der Waals surface area contributed by atoms with E-state index < -0.39 is 5.91 Å². The van der Waals surface area contributed by atoms with Gasteiger partial charge >= 0.3 is 0 Å². The van der Waals surface area contributed by atoms with Gasteiger partial charge in [-0.25, -0.2) is 0 Å². The summed E-state index contributed by atoms with van der Waals surface area (Å²) in [7, 11) is 0. The van der Waals surface area contributed by atoms with Crippen LogP contribution in [0.4, 0.5) is 17.2 Å². The van der Waals surface area contributed by atoms with E-state index in [0.29, 0.717) is 21.5 Å². The summed E-state index contributed by atoms with van der Waals surface area (Å²) in [6, 6.07) is 17.3. The number of aromatic nitrogens is 2. The number of azo groups is 1. The second-order valence-corrected chi connectivity index (χ2v) is 6.68. The van der Waals surface area contributed by atoms with Crippen molar-refractivity contribution in [1.82, 2.24) is 10.2 Å². The van der Waals surface area contributed by atoms with Crippen LogP contribution in [-0.4, -0.2) is 21.2 Å². The number of hydrogen-bond acceptors (Lipinski definition) is 6. The third-order valence-electron chi connectivity index (χ3n) is 4.33. The highest BCUT2D eigenvalue weighted by Crippen LogP contribution is 2.39. The Morgan fingerprint density at radius 2 is 1.93 bits per heavy atom. The average molecular weight is 417 g/mol. The Labute approximate surface area is 175 Å². The van der Waals surface area contributed by atoms with Gasteiger partial charge in [0.15, 0.2) is 11.6 Å². The van der Waals surface area contributed by atoms with Crippen molar-refractivity contribution >= 4 is 45.5 Å². The molecule has 3 N–H and O–H groups in total. The maximum atomic E-state index is 12.8. The first-order valence-electron chi connectivity index (χ1n) is 8.73. The monoisotopic (exact) mass is 416 g/mol. The number of rotatable bonds is 4. The molecule has 146 valence electrons. The van der Waals surface area contributed by atoms with Gasteiger partial charge in [0.1, 0.15) is 17.3 Å². The molecule has 0 saturated carbocycles. The quantitative estimate of drug-likeness (QED) is 0.381. The zero-order valence-corrected chi connectivity index (χ0v) is 16.1. The Kier molecular flexibility index (Phi) is 5.11. The lowest BCUT2D eigenvalue weighted by atomic mass is 10.0. The number of carbonyl (C=O) groups excluding carboxylic acids is 1. The van der Waals surface area contributed by atoms with Gasteiger partial charge in [-0.05, 0) is 35.7 Å². The van der Waals surface area contributed by atoms with Gasteiger partial charge in [0.05, 0.1) is 11.8 Å². The second kappa shape index (κ2) is 8.03. The van der Waals surface area contributed by atoms with Crippen LogP contribution in [0.3, 0.4) is 0 Å². The van der Waals surface area contributed by atoms with E-state index in [1.807, 2.05) is 12.1 Å². The van der Waals surface area contributed by atoms with Crippen LogP contribution in [0.5, 0.6) is 5.75 Å². The average Bonchev–Trinajstić information content (AvgIpc) is 3.22. The summed E-state index contributed by atoms with van der Waals surface area (Å²) in [5.41, 5.74) is 0.867. The third kappa shape index (κ3) is 3.70. The molecule has 0 radical (unpaired) electrons. The van der Waals surface area contributed by atoms with Gasteiger partial charge in [-0.2, -0.15) is 10.4 Å². The molecule has 0 aliphatic rings. The summed E-state index contributed by atoms with van der Waals surface area (Å²) in [5.74, 6) is -0.699. The van der Waals surface area contributed by atoms with Gasteiger partial charge in [-0.3, -0.25) is 9.89 Å². The summed E-state index contributed by atoms with van der Waals surface area (Å²) in [5, 5.41) is 38.8. The topological polar surface area (TPSA) is 127 Å². The van der Waals surface area contributed by atoms with Crippen molar-refractivity contribution in [2.75, 3.05) is 5.32 Å². The first kappa shape index (κ1) is 19.1. The molecule has 30 heavy (non-hydrogen) atoms. The molecular formula is C21H13ClN6O2. The number of halogens is 1. The number of nitriles is 1. The summed E-state index contributed by atoms with van der Waals surface area (Å²) in [6.45, 7) is 0. The van der Waals surface area contributed by atoms with Crippen molar-refractivity contribution in [3.8, 4) is 11.8 Å². The van der Waals surface area contributed by atoms with Crippen LogP contribution in [0.25, 0.3) is 10.8 Å². The number of hydrogen-bond donors (Lipinski definition) is 3.